The van der Waals surface area contributed by atoms with Crippen molar-refractivity contribution in [3.63, 3.8) is 0 Å². The third-order valence-corrected chi connectivity index (χ3v) is 2.64. The van der Waals surface area contributed by atoms with Crippen LogP contribution < -0.4 is 5.32 Å². The largest absolute Gasteiger partial charge is 0.382 e. The van der Waals surface area contributed by atoms with Crippen molar-refractivity contribution in [2.75, 3.05) is 46.7 Å². The van der Waals surface area contributed by atoms with Gasteiger partial charge in [0.2, 0.25) is 0 Å². The second kappa shape index (κ2) is 10.9. The predicted octanol–water partition coefficient (Wildman–Crippen LogP) is 1.76. The highest BCUT2D eigenvalue weighted by Gasteiger charge is 1.93. The summed E-state index contributed by atoms with van der Waals surface area (Å²) < 4.78 is 15.6. The molecule has 0 fully saturated rings. The van der Waals surface area contributed by atoms with E-state index in [-0.39, 0.29) is 0 Å². The SMILES string of the molecule is COCCOCCOCCNCc1cccc(C)c1. The Labute approximate surface area is 116 Å². The van der Waals surface area contributed by atoms with Crippen LogP contribution in [0.15, 0.2) is 24.3 Å². The van der Waals surface area contributed by atoms with Gasteiger partial charge >= 0.3 is 0 Å². The Kier molecular flexibility index (Phi) is 9.27. The van der Waals surface area contributed by atoms with Gasteiger partial charge in [-0.05, 0) is 12.5 Å². The Morgan fingerprint density at radius 3 is 2.47 bits per heavy atom. The van der Waals surface area contributed by atoms with Crippen LogP contribution in [0.4, 0.5) is 0 Å². The molecule has 0 heterocycles. The second-order valence-corrected chi connectivity index (χ2v) is 4.38. The fourth-order valence-corrected chi connectivity index (χ4v) is 1.66. The molecule has 0 saturated carbocycles. The highest BCUT2D eigenvalue weighted by Crippen LogP contribution is 2.02. The van der Waals surface area contributed by atoms with E-state index >= 15 is 0 Å². The number of hydrogen-bond donors (Lipinski definition) is 1. The van der Waals surface area contributed by atoms with E-state index in [1.165, 1.54) is 11.1 Å². The quantitative estimate of drug-likeness (QED) is 0.620. The van der Waals surface area contributed by atoms with E-state index in [1.807, 2.05) is 0 Å². The minimum Gasteiger partial charge on any atom is -0.382 e. The van der Waals surface area contributed by atoms with Crippen molar-refractivity contribution in [3.05, 3.63) is 35.4 Å². The molecule has 4 heteroatoms. The summed E-state index contributed by atoms with van der Waals surface area (Å²) in [5.41, 5.74) is 2.60. The van der Waals surface area contributed by atoms with Gasteiger partial charge in [-0.25, -0.2) is 0 Å². The molecule has 0 spiro atoms. The van der Waals surface area contributed by atoms with Crippen molar-refractivity contribution in [3.8, 4) is 0 Å². The molecule has 0 amide bonds. The van der Waals surface area contributed by atoms with Gasteiger partial charge < -0.3 is 19.5 Å². The molecule has 0 aliphatic carbocycles. The van der Waals surface area contributed by atoms with Crippen molar-refractivity contribution in [1.29, 1.82) is 0 Å². The van der Waals surface area contributed by atoms with Crippen molar-refractivity contribution >= 4 is 0 Å². The van der Waals surface area contributed by atoms with Gasteiger partial charge in [-0.2, -0.15) is 0 Å². The van der Waals surface area contributed by atoms with Crippen molar-refractivity contribution < 1.29 is 14.2 Å². The molecule has 19 heavy (non-hydrogen) atoms. The highest BCUT2D eigenvalue weighted by atomic mass is 16.5. The van der Waals surface area contributed by atoms with Crippen molar-refractivity contribution in [2.45, 2.75) is 13.5 Å². The van der Waals surface area contributed by atoms with E-state index in [0.717, 1.165) is 13.1 Å². The first-order chi connectivity index (χ1) is 9.33. The van der Waals surface area contributed by atoms with Crippen LogP contribution in [0, 0.1) is 6.92 Å². The molecule has 0 radical (unpaired) electrons. The lowest BCUT2D eigenvalue weighted by atomic mass is 10.1. The van der Waals surface area contributed by atoms with Gasteiger partial charge in [0.1, 0.15) is 0 Å². The van der Waals surface area contributed by atoms with Gasteiger partial charge in [-0.15, -0.1) is 0 Å². The Morgan fingerprint density at radius 1 is 1.00 bits per heavy atom. The van der Waals surface area contributed by atoms with E-state index < -0.39 is 0 Å². The molecule has 0 atom stereocenters. The summed E-state index contributed by atoms with van der Waals surface area (Å²) in [6, 6.07) is 8.51. The lowest BCUT2D eigenvalue weighted by Crippen LogP contribution is -2.20. The molecular formula is C15H25NO3. The number of aryl methyl sites for hydroxylation is 1. The number of rotatable bonds is 11. The first-order valence-corrected chi connectivity index (χ1v) is 6.73. The summed E-state index contributed by atoms with van der Waals surface area (Å²) in [6.07, 6.45) is 0. The molecular weight excluding hydrogens is 242 g/mol. The standard InChI is InChI=1S/C15H25NO3/c1-14-4-3-5-15(12-14)13-16-6-7-18-10-11-19-9-8-17-2/h3-5,12,16H,6-11,13H2,1-2H3. The number of hydrogen-bond acceptors (Lipinski definition) is 4. The number of methoxy groups -OCH3 is 1. The van der Waals surface area contributed by atoms with E-state index in [1.54, 1.807) is 7.11 Å². The molecule has 0 bridgehead atoms. The van der Waals surface area contributed by atoms with Gasteiger partial charge in [-0.3, -0.25) is 0 Å². The van der Waals surface area contributed by atoms with Gasteiger partial charge in [0.25, 0.3) is 0 Å². The van der Waals surface area contributed by atoms with E-state index in [2.05, 4.69) is 36.5 Å². The van der Waals surface area contributed by atoms with Gasteiger partial charge in [0.05, 0.1) is 33.0 Å². The summed E-state index contributed by atoms with van der Waals surface area (Å²) in [5, 5.41) is 3.35. The summed E-state index contributed by atoms with van der Waals surface area (Å²) in [5.74, 6) is 0. The summed E-state index contributed by atoms with van der Waals surface area (Å²) >= 11 is 0. The average Bonchev–Trinajstić information content (AvgIpc) is 2.41. The van der Waals surface area contributed by atoms with Crippen LogP contribution in [0.5, 0.6) is 0 Å². The van der Waals surface area contributed by atoms with E-state index in [0.29, 0.717) is 33.0 Å². The molecule has 0 saturated heterocycles. The maximum Gasteiger partial charge on any atom is 0.0701 e. The molecule has 0 unspecified atom stereocenters. The first kappa shape index (κ1) is 16.1. The number of nitrogens with one attached hydrogen (secondary N) is 1. The van der Waals surface area contributed by atoms with Crippen LogP contribution in [0.2, 0.25) is 0 Å². The van der Waals surface area contributed by atoms with Crippen molar-refractivity contribution in [1.82, 2.24) is 5.32 Å². The Bertz CT molecular complexity index is 331. The maximum atomic E-state index is 5.45. The fraction of sp³-hybridized carbons (Fsp3) is 0.600. The minimum atomic E-state index is 0.626. The van der Waals surface area contributed by atoms with Gasteiger partial charge in [0.15, 0.2) is 0 Å². The van der Waals surface area contributed by atoms with Gasteiger partial charge in [-0.1, -0.05) is 29.8 Å². The summed E-state index contributed by atoms with van der Waals surface area (Å²) in [4.78, 5) is 0. The van der Waals surface area contributed by atoms with Crippen LogP contribution in [-0.2, 0) is 20.8 Å². The lowest BCUT2D eigenvalue weighted by Gasteiger charge is -2.07. The van der Waals surface area contributed by atoms with Crippen LogP contribution in [-0.4, -0.2) is 46.7 Å². The summed E-state index contributed by atoms with van der Waals surface area (Å²) in [7, 11) is 1.67. The molecule has 0 aromatic heterocycles. The molecule has 1 rings (SSSR count). The second-order valence-electron chi connectivity index (χ2n) is 4.38. The fourth-order valence-electron chi connectivity index (χ4n) is 1.66. The smallest absolute Gasteiger partial charge is 0.0701 e. The zero-order chi connectivity index (χ0) is 13.8. The Balaban J connectivity index is 1.89. The van der Waals surface area contributed by atoms with Crippen LogP contribution in [0.3, 0.4) is 0 Å². The molecule has 0 aliphatic rings. The minimum absolute atomic E-state index is 0.626. The Morgan fingerprint density at radius 2 is 1.74 bits per heavy atom. The summed E-state index contributed by atoms with van der Waals surface area (Å²) in [6.45, 7) is 7.08. The zero-order valence-corrected chi connectivity index (χ0v) is 12.0. The van der Waals surface area contributed by atoms with E-state index in [9.17, 15) is 0 Å². The first-order valence-electron chi connectivity index (χ1n) is 6.73. The normalized spacial score (nSPS) is 10.8. The van der Waals surface area contributed by atoms with Crippen LogP contribution in [0.1, 0.15) is 11.1 Å². The third kappa shape index (κ3) is 8.72. The maximum absolute atomic E-state index is 5.45. The average molecular weight is 267 g/mol. The van der Waals surface area contributed by atoms with Crippen molar-refractivity contribution in [2.24, 2.45) is 0 Å². The van der Waals surface area contributed by atoms with Crippen LogP contribution in [0.25, 0.3) is 0 Å². The third-order valence-electron chi connectivity index (χ3n) is 2.64. The van der Waals surface area contributed by atoms with E-state index in [4.69, 9.17) is 14.2 Å². The zero-order valence-electron chi connectivity index (χ0n) is 12.0. The predicted molar refractivity (Wildman–Crippen MR) is 76.4 cm³/mol. The monoisotopic (exact) mass is 267 g/mol. The Hall–Kier alpha value is -0.940. The molecule has 4 nitrogen and oxygen atoms in total. The number of ether oxygens (including phenoxy) is 3. The lowest BCUT2D eigenvalue weighted by molar-refractivity contribution is 0.0255. The highest BCUT2D eigenvalue weighted by molar-refractivity contribution is 5.21. The molecule has 108 valence electrons. The molecule has 0 aliphatic heterocycles. The topological polar surface area (TPSA) is 39.7 Å². The molecule has 1 aromatic rings. The molecule has 1 N–H and O–H groups in total. The number of benzene rings is 1. The van der Waals surface area contributed by atoms with Crippen LogP contribution >= 0.6 is 0 Å². The van der Waals surface area contributed by atoms with Gasteiger partial charge in [0, 0.05) is 20.2 Å². The molecule has 1 aromatic carbocycles.